The Hall–Kier alpha value is -2.65. The van der Waals surface area contributed by atoms with Crippen molar-refractivity contribution in [3.8, 4) is 11.5 Å². The van der Waals surface area contributed by atoms with Gasteiger partial charge in [-0.05, 0) is 78.7 Å². The van der Waals surface area contributed by atoms with Crippen LogP contribution in [-0.4, -0.2) is 30.1 Å². The third kappa shape index (κ3) is 7.03. The highest BCUT2D eigenvalue weighted by atomic mass is 79.9. The fraction of sp³-hybridized carbons (Fsp3) is 0.250. The Morgan fingerprint density at radius 3 is 2.41 bits per heavy atom. The van der Waals surface area contributed by atoms with Gasteiger partial charge in [0.1, 0.15) is 11.5 Å². The maximum absolute atomic E-state index is 12.3. The summed E-state index contributed by atoms with van der Waals surface area (Å²) < 4.78 is 11.5. The maximum Gasteiger partial charge on any atom is 0.276 e. The van der Waals surface area contributed by atoms with Gasteiger partial charge >= 0.3 is 0 Å². The quantitative estimate of drug-likeness (QED) is 0.435. The largest absolute Gasteiger partial charge is 0.493 e. The van der Waals surface area contributed by atoms with Crippen LogP contribution in [0.15, 0.2) is 40.9 Å². The molecule has 154 valence electrons. The molecule has 0 bridgehead atoms. The van der Waals surface area contributed by atoms with Gasteiger partial charge in [-0.25, -0.2) is 0 Å². The van der Waals surface area contributed by atoms with Crippen molar-refractivity contribution in [1.82, 2.24) is 16.2 Å². The number of carbonyl (C=O) groups excluding carboxylic acids is 2. The molecule has 2 aromatic rings. The maximum atomic E-state index is 12.3. The molecule has 2 amide bonds. The highest BCUT2D eigenvalue weighted by molar-refractivity contribution is 9.10. The molecule has 0 unspecified atom stereocenters. The van der Waals surface area contributed by atoms with Crippen LogP contribution in [0.1, 0.15) is 28.4 Å². The molecule has 0 aliphatic carbocycles. The van der Waals surface area contributed by atoms with Crippen molar-refractivity contribution in [2.75, 3.05) is 13.2 Å². The summed E-state index contributed by atoms with van der Waals surface area (Å²) in [4.78, 5) is 24.2. The number of carbonyl (C=O) groups is 2. The lowest BCUT2D eigenvalue weighted by atomic mass is 10.1. The first kappa shape index (κ1) is 22.6. The van der Waals surface area contributed by atoms with Gasteiger partial charge in [0.05, 0.1) is 11.1 Å². The van der Waals surface area contributed by atoms with E-state index in [1.54, 1.807) is 18.2 Å². The standard InChI is InChI=1S/C20H22BrN3O4S/c1-4-27-17-8-6-14(10-15(17)21)19(26)22-20(29)24-23-18(25)11-28-16-7-5-12(2)9-13(16)3/h5-10H,4,11H2,1-3H3,(H,23,25)(H2,22,24,26,29). The number of aryl methyl sites for hydroxylation is 2. The van der Waals surface area contributed by atoms with E-state index in [-0.39, 0.29) is 11.7 Å². The number of hydrogen-bond donors (Lipinski definition) is 3. The van der Waals surface area contributed by atoms with E-state index >= 15 is 0 Å². The van der Waals surface area contributed by atoms with Crippen molar-refractivity contribution in [2.45, 2.75) is 20.8 Å². The van der Waals surface area contributed by atoms with Crippen LogP contribution < -0.4 is 25.6 Å². The fourth-order valence-corrected chi connectivity index (χ4v) is 3.03. The molecule has 3 N–H and O–H groups in total. The summed E-state index contributed by atoms with van der Waals surface area (Å²) in [6.45, 7) is 6.08. The second-order valence-corrected chi connectivity index (χ2v) is 7.35. The molecule has 0 aliphatic rings. The average Bonchev–Trinajstić information content (AvgIpc) is 2.67. The molecule has 7 nitrogen and oxygen atoms in total. The number of benzene rings is 2. The molecule has 2 rings (SSSR count). The minimum Gasteiger partial charge on any atom is -0.493 e. The van der Waals surface area contributed by atoms with E-state index in [1.165, 1.54) is 0 Å². The van der Waals surface area contributed by atoms with Crippen LogP contribution in [0.25, 0.3) is 0 Å². The molecule has 0 saturated heterocycles. The number of halogens is 1. The normalized spacial score (nSPS) is 10.1. The molecule has 0 aromatic heterocycles. The number of hydrogen-bond acceptors (Lipinski definition) is 5. The third-order valence-electron chi connectivity index (χ3n) is 3.73. The van der Waals surface area contributed by atoms with E-state index in [0.717, 1.165) is 11.1 Å². The Labute approximate surface area is 183 Å². The summed E-state index contributed by atoms with van der Waals surface area (Å²) in [6.07, 6.45) is 0. The predicted molar refractivity (Wildman–Crippen MR) is 118 cm³/mol. The van der Waals surface area contributed by atoms with Crippen molar-refractivity contribution >= 4 is 45.1 Å². The van der Waals surface area contributed by atoms with Crippen LogP contribution in [0.4, 0.5) is 0 Å². The number of thiocarbonyl (C=S) groups is 1. The van der Waals surface area contributed by atoms with Crippen LogP contribution in [0.2, 0.25) is 0 Å². The number of amides is 2. The van der Waals surface area contributed by atoms with Gasteiger partial charge in [-0.15, -0.1) is 0 Å². The molecule has 0 fully saturated rings. The van der Waals surface area contributed by atoms with E-state index in [4.69, 9.17) is 21.7 Å². The summed E-state index contributed by atoms with van der Waals surface area (Å²) >= 11 is 8.38. The third-order valence-corrected chi connectivity index (χ3v) is 4.55. The van der Waals surface area contributed by atoms with E-state index in [0.29, 0.717) is 28.1 Å². The molecule has 2 aromatic carbocycles. The molecule has 9 heteroatoms. The highest BCUT2D eigenvalue weighted by Gasteiger charge is 2.11. The molecule has 0 aliphatic heterocycles. The minimum atomic E-state index is -0.439. The van der Waals surface area contributed by atoms with Crippen molar-refractivity contribution in [1.29, 1.82) is 0 Å². The molecule has 0 saturated carbocycles. The smallest absolute Gasteiger partial charge is 0.276 e. The van der Waals surface area contributed by atoms with Gasteiger partial charge in [0.2, 0.25) is 0 Å². The first-order valence-corrected chi connectivity index (χ1v) is 10.0. The van der Waals surface area contributed by atoms with Crippen molar-refractivity contribution < 1.29 is 19.1 Å². The monoisotopic (exact) mass is 479 g/mol. The van der Waals surface area contributed by atoms with Crippen molar-refractivity contribution in [2.24, 2.45) is 0 Å². The fourth-order valence-electron chi connectivity index (χ4n) is 2.39. The Kier molecular flexibility index (Phi) is 8.41. The van der Waals surface area contributed by atoms with Gasteiger partial charge in [0, 0.05) is 5.56 Å². The molecule has 0 atom stereocenters. The Bertz CT molecular complexity index is 921. The van der Waals surface area contributed by atoms with Crippen molar-refractivity contribution in [3.63, 3.8) is 0 Å². The number of nitrogens with one attached hydrogen (secondary N) is 3. The lowest BCUT2D eigenvalue weighted by molar-refractivity contribution is -0.123. The second-order valence-electron chi connectivity index (χ2n) is 6.09. The molecule has 29 heavy (non-hydrogen) atoms. The van der Waals surface area contributed by atoms with Crippen LogP contribution in [0, 0.1) is 13.8 Å². The molecule has 0 heterocycles. The first-order valence-electron chi connectivity index (χ1n) is 8.82. The Morgan fingerprint density at radius 1 is 1.03 bits per heavy atom. The number of hydrazine groups is 1. The van der Waals surface area contributed by atoms with Crippen molar-refractivity contribution in [3.05, 3.63) is 57.6 Å². The summed E-state index contributed by atoms with van der Waals surface area (Å²) in [5, 5.41) is 2.44. The molecular formula is C20H22BrN3O4S. The lowest BCUT2D eigenvalue weighted by Crippen LogP contribution is -2.49. The number of ether oxygens (including phenoxy) is 2. The van der Waals surface area contributed by atoms with Crippen LogP contribution >= 0.6 is 28.1 Å². The van der Waals surface area contributed by atoms with Crippen LogP contribution in [0.3, 0.4) is 0 Å². The summed E-state index contributed by atoms with van der Waals surface area (Å²) in [5.74, 6) is 0.404. The number of rotatable bonds is 6. The minimum absolute atomic E-state index is 0.0418. The van der Waals surface area contributed by atoms with Gasteiger partial charge in [-0.1, -0.05) is 17.7 Å². The van der Waals surface area contributed by atoms with Crippen LogP contribution in [0.5, 0.6) is 11.5 Å². The Morgan fingerprint density at radius 2 is 1.76 bits per heavy atom. The zero-order valence-electron chi connectivity index (χ0n) is 16.3. The zero-order valence-corrected chi connectivity index (χ0v) is 18.7. The van der Waals surface area contributed by atoms with Gasteiger partial charge < -0.3 is 9.47 Å². The highest BCUT2D eigenvalue weighted by Crippen LogP contribution is 2.26. The van der Waals surface area contributed by atoms with Gasteiger partial charge in [0.15, 0.2) is 11.7 Å². The summed E-state index contributed by atoms with van der Waals surface area (Å²) in [6, 6.07) is 10.6. The van der Waals surface area contributed by atoms with E-state index in [2.05, 4.69) is 32.1 Å². The van der Waals surface area contributed by atoms with Gasteiger partial charge in [-0.3, -0.25) is 25.8 Å². The van der Waals surface area contributed by atoms with Crippen LogP contribution in [-0.2, 0) is 4.79 Å². The SMILES string of the molecule is CCOc1ccc(C(=O)NC(=S)NNC(=O)COc2ccc(C)cc2C)cc1Br. The predicted octanol–water partition coefficient (Wildman–Crippen LogP) is 3.18. The van der Waals surface area contributed by atoms with E-state index < -0.39 is 11.8 Å². The zero-order chi connectivity index (χ0) is 21.4. The molecular weight excluding hydrogens is 458 g/mol. The lowest BCUT2D eigenvalue weighted by Gasteiger charge is -2.13. The Balaban J connectivity index is 1.79. The average molecular weight is 480 g/mol. The summed E-state index contributed by atoms with van der Waals surface area (Å²) in [7, 11) is 0. The summed E-state index contributed by atoms with van der Waals surface area (Å²) in [5.41, 5.74) is 7.29. The van der Waals surface area contributed by atoms with Gasteiger partial charge in [0.25, 0.3) is 11.8 Å². The van der Waals surface area contributed by atoms with E-state index in [1.807, 2.05) is 39.0 Å². The molecule has 0 radical (unpaired) electrons. The van der Waals surface area contributed by atoms with Gasteiger partial charge in [-0.2, -0.15) is 0 Å². The first-order chi connectivity index (χ1) is 13.8. The molecule has 0 spiro atoms. The topological polar surface area (TPSA) is 88.7 Å². The second kappa shape index (κ2) is 10.8. The van der Waals surface area contributed by atoms with E-state index in [9.17, 15) is 9.59 Å².